The van der Waals surface area contributed by atoms with Gasteiger partial charge in [0, 0.05) is 24.2 Å². The number of nitrogens with one attached hydrogen (secondary N) is 1. The molecule has 0 aliphatic rings. The largest absolute Gasteiger partial charge is 0.313 e. The van der Waals surface area contributed by atoms with Crippen molar-refractivity contribution in [1.82, 2.24) is 30.5 Å². The highest BCUT2D eigenvalue weighted by atomic mass is 19.1. The van der Waals surface area contributed by atoms with Crippen molar-refractivity contribution in [3.05, 3.63) is 35.7 Å². The number of aromatic nitrogens is 5. The SMILES string of the molecule is CNC(Cc1nnn(C)n1)c1ccncc1F. The van der Waals surface area contributed by atoms with E-state index in [9.17, 15) is 4.39 Å². The van der Waals surface area contributed by atoms with Crippen LogP contribution in [-0.4, -0.2) is 32.2 Å². The summed E-state index contributed by atoms with van der Waals surface area (Å²) >= 11 is 0. The molecule has 0 aromatic carbocycles. The summed E-state index contributed by atoms with van der Waals surface area (Å²) in [6.45, 7) is 0. The Hall–Kier alpha value is -1.89. The summed E-state index contributed by atoms with van der Waals surface area (Å²) in [4.78, 5) is 5.10. The summed E-state index contributed by atoms with van der Waals surface area (Å²) < 4.78 is 13.6. The fourth-order valence-corrected chi connectivity index (χ4v) is 1.62. The predicted molar refractivity (Wildman–Crippen MR) is 58.5 cm³/mol. The smallest absolute Gasteiger partial charge is 0.176 e. The van der Waals surface area contributed by atoms with Crippen molar-refractivity contribution in [3.8, 4) is 0 Å². The van der Waals surface area contributed by atoms with Gasteiger partial charge in [-0.25, -0.2) is 4.39 Å². The molecule has 1 N–H and O–H groups in total. The monoisotopic (exact) mass is 236 g/mol. The molecule has 1 unspecified atom stereocenters. The highest BCUT2D eigenvalue weighted by Gasteiger charge is 2.16. The molecular weight excluding hydrogens is 223 g/mol. The molecule has 7 heteroatoms. The summed E-state index contributed by atoms with van der Waals surface area (Å²) in [5.74, 6) is 0.235. The van der Waals surface area contributed by atoms with Gasteiger partial charge in [-0.3, -0.25) is 4.98 Å². The molecule has 6 nitrogen and oxygen atoms in total. The van der Waals surface area contributed by atoms with Gasteiger partial charge in [0.05, 0.1) is 13.2 Å². The molecule has 2 heterocycles. The Labute approximate surface area is 97.9 Å². The van der Waals surface area contributed by atoms with E-state index in [4.69, 9.17) is 0 Å². The van der Waals surface area contributed by atoms with E-state index in [1.54, 1.807) is 26.4 Å². The number of hydrogen-bond donors (Lipinski definition) is 1. The third-order valence-electron chi connectivity index (χ3n) is 2.46. The highest BCUT2D eigenvalue weighted by molar-refractivity contribution is 5.18. The van der Waals surface area contributed by atoms with Crippen molar-refractivity contribution in [1.29, 1.82) is 0 Å². The van der Waals surface area contributed by atoms with Gasteiger partial charge >= 0.3 is 0 Å². The van der Waals surface area contributed by atoms with Gasteiger partial charge < -0.3 is 5.32 Å². The Morgan fingerprint density at radius 3 is 2.94 bits per heavy atom. The average Bonchev–Trinajstić information content (AvgIpc) is 2.73. The predicted octanol–water partition coefficient (Wildman–Crippen LogP) is 0.247. The van der Waals surface area contributed by atoms with Crippen molar-refractivity contribution < 1.29 is 4.39 Å². The van der Waals surface area contributed by atoms with E-state index < -0.39 is 0 Å². The Morgan fingerprint density at radius 1 is 1.53 bits per heavy atom. The number of rotatable bonds is 4. The first-order chi connectivity index (χ1) is 8.20. The molecule has 17 heavy (non-hydrogen) atoms. The number of aryl methyl sites for hydroxylation is 1. The number of halogens is 1. The first-order valence-electron chi connectivity index (χ1n) is 5.20. The minimum absolute atomic E-state index is 0.192. The van der Waals surface area contributed by atoms with Crippen molar-refractivity contribution in [2.75, 3.05) is 7.05 Å². The van der Waals surface area contributed by atoms with Crippen molar-refractivity contribution in [2.24, 2.45) is 7.05 Å². The molecule has 0 amide bonds. The number of nitrogens with zero attached hydrogens (tertiary/aromatic N) is 5. The molecule has 0 saturated carbocycles. The quantitative estimate of drug-likeness (QED) is 0.824. The lowest BCUT2D eigenvalue weighted by Crippen LogP contribution is -2.20. The molecular formula is C10H13FN6. The number of hydrogen-bond acceptors (Lipinski definition) is 5. The van der Waals surface area contributed by atoms with Gasteiger partial charge in [0.1, 0.15) is 5.82 Å². The summed E-state index contributed by atoms with van der Waals surface area (Å²) in [5.41, 5.74) is 0.551. The fourth-order valence-electron chi connectivity index (χ4n) is 1.62. The molecule has 0 saturated heterocycles. The Morgan fingerprint density at radius 2 is 2.35 bits per heavy atom. The summed E-state index contributed by atoms with van der Waals surface area (Å²) in [6.07, 6.45) is 3.24. The Balaban J connectivity index is 2.20. The summed E-state index contributed by atoms with van der Waals surface area (Å²) in [5, 5.41) is 14.7. The van der Waals surface area contributed by atoms with Crippen LogP contribution in [0.3, 0.4) is 0 Å². The maximum Gasteiger partial charge on any atom is 0.176 e. The number of pyridine rings is 1. The molecule has 2 aromatic rings. The normalized spacial score (nSPS) is 12.6. The Kier molecular flexibility index (Phi) is 3.38. The van der Waals surface area contributed by atoms with Gasteiger partial charge in [0.2, 0.25) is 0 Å². The van der Waals surface area contributed by atoms with Gasteiger partial charge in [-0.05, 0) is 18.3 Å². The molecule has 1 atom stereocenters. The summed E-state index contributed by atoms with van der Waals surface area (Å²) in [6, 6.07) is 1.45. The van der Waals surface area contributed by atoms with Crippen LogP contribution in [0.15, 0.2) is 18.5 Å². The van der Waals surface area contributed by atoms with Crippen LogP contribution in [0.5, 0.6) is 0 Å². The van der Waals surface area contributed by atoms with Crippen LogP contribution < -0.4 is 5.32 Å². The molecule has 0 bridgehead atoms. The number of likely N-dealkylation sites (N-methyl/N-ethyl adjacent to an activating group) is 1. The summed E-state index contributed by atoms with van der Waals surface area (Å²) in [7, 11) is 3.46. The maximum absolute atomic E-state index is 13.6. The van der Waals surface area contributed by atoms with Gasteiger partial charge in [-0.15, -0.1) is 10.2 Å². The zero-order chi connectivity index (χ0) is 12.3. The second kappa shape index (κ2) is 4.96. The molecule has 0 fully saturated rings. The van der Waals surface area contributed by atoms with Crippen LogP contribution in [0, 0.1) is 5.82 Å². The topological polar surface area (TPSA) is 68.5 Å². The Bertz CT molecular complexity index is 497. The van der Waals surface area contributed by atoms with Crippen molar-refractivity contribution in [2.45, 2.75) is 12.5 Å². The van der Waals surface area contributed by atoms with E-state index in [-0.39, 0.29) is 11.9 Å². The standard InChI is InChI=1S/C10H13FN6/c1-12-9(5-10-14-16-17(2)15-10)7-3-4-13-6-8(7)11/h3-4,6,9,12H,5H2,1-2H3. The van der Waals surface area contributed by atoms with Crippen molar-refractivity contribution >= 4 is 0 Å². The van der Waals surface area contributed by atoms with E-state index >= 15 is 0 Å². The highest BCUT2D eigenvalue weighted by Crippen LogP contribution is 2.18. The lowest BCUT2D eigenvalue weighted by molar-refractivity contribution is 0.521. The lowest BCUT2D eigenvalue weighted by Gasteiger charge is -2.14. The van der Waals surface area contributed by atoms with E-state index in [1.165, 1.54) is 11.0 Å². The van der Waals surface area contributed by atoms with Gasteiger partial charge in [-0.2, -0.15) is 4.80 Å². The molecule has 2 aromatic heterocycles. The maximum atomic E-state index is 13.6. The minimum Gasteiger partial charge on any atom is -0.313 e. The van der Waals surface area contributed by atoms with E-state index in [0.717, 1.165) is 0 Å². The molecule has 0 radical (unpaired) electrons. The third-order valence-corrected chi connectivity index (χ3v) is 2.46. The van der Waals surface area contributed by atoms with Gasteiger partial charge in [-0.1, -0.05) is 0 Å². The molecule has 0 spiro atoms. The second-order valence-electron chi connectivity index (χ2n) is 3.64. The first kappa shape index (κ1) is 11.6. The first-order valence-corrected chi connectivity index (χ1v) is 5.20. The van der Waals surface area contributed by atoms with Crippen LogP contribution in [0.1, 0.15) is 17.4 Å². The van der Waals surface area contributed by atoms with Crippen LogP contribution in [0.25, 0.3) is 0 Å². The minimum atomic E-state index is -0.337. The second-order valence-corrected chi connectivity index (χ2v) is 3.64. The van der Waals surface area contributed by atoms with Crippen LogP contribution >= 0.6 is 0 Å². The van der Waals surface area contributed by atoms with Crippen molar-refractivity contribution in [3.63, 3.8) is 0 Å². The molecule has 90 valence electrons. The molecule has 0 aliphatic heterocycles. The van der Waals surface area contributed by atoms with Crippen LogP contribution in [0.4, 0.5) is 4.39 Å². The third kappa shape index (κ3) is 2.62. The lowest BCUT2D eigenvalue weighted by atomic mass is 10.0. The average molecular weight is 236 g/mol. The van der Waals surface area contributed by atoms with E-state index in [2.05, 4.69) is 25.7 Å². The molecule has 2 rings (SSSR count). The van der Waals surface area contributed by atoms with Gasteiger partial charge in [0.15, 0.2) is 5.82 Å². The van der Waals surface area contributed by atoms with E-state index in [1.807, 2.05) is 0 Å². The number of tetrazole rings is 1. The van der Waals surface area contributed by atoms with Crippen LogP contribution in [-0.2, 0) is 13.5 Å². The zero-order valence-corrected chi connectivity index (χ0v) is 9.63. The zero-order valence-electron chi connectivity index (χ0n) is 9.63. The van der Waals surface area contributed by atoms with Gasteiger partial charge in [0.25, 0.3) is 0 Å². The fraction of sp³-hybridized carbons (Fsp3) is 0.400. The van der Waals surface area contributed by atoms with E-state index in [0.29, 0.717) is 17.8 Å². The molecule has 0 aliphatic carbocycles. The van der Waals surface area contributed by atoms with Crippen LogP contribution in [0.2, 0.25) is 0 Å².